The molecule has 0 aromatic heterocycles. The smallest absolute Gasteiger partial charge is 0.107 e. The number of hydrogen-bond donors (Lipinski definition) is 1. The standard InChI is InChI=1S/C6H12N2/c1-3-8(4-2)6-5-7/h3,5-6H,1,4,7H2,2H3/p+1. The van der Waals surface area contributed by atoms with Crippen molar-refractivity contribution in [3.8, 4) is 0 Å². The van der Waals surface area contributed by atoms with E-state index in [1.807, 2.05) is 11.1 Å². The highest BCUT2D eigenvalue weighted by Crippen LogP contribution is 1.84. The van der Waals surface area contributed by atoms with Gasteiger partial charge in [-0.25, -0.2) is 0 Å². The summed E-state index contributed by atoms with van der Waals surface area (Å²) in [7, 11) is 0. The second-order valence-electron chi connectivity index (χ2n) is 1.40. The van der Waals surface area contributed by atoms with Crippen molar-refractivity contribution in [3.63, 3.8) is 0 Å². The predicted octanol–water partition coefficient (Wildman–Crippen LogP) is 0.165. The van der Waals surface area contributed by atoms with Crippen LogP contribution in [0.1, 0.15) is 6.92 Å². The molecule has 0 aliphatic rings. The summed E-state index contributed by atoms with van der Waals surface area (Å²) >= 11 is 0. The third-order valence-corrected chi connectivity index (χ3v) is 0.897. The van der Waals surface area contributed by atoms with Gasteiger partial charge in [0.25, 0.3) is 0 Å². The summed E-state index contributed by atoms with van der Waals surface area (Å²) in [5, 5.41) is 0. The minimum absolute atomic E-state index is 0.954. The highest BCUT2D eigenvalue weighted by atomic mass is 15.1. The van der Waals surface area contributed by atoms with Crippen molar-refractivity contribution in [1.82, 2.24) is 4.90 Å². The molecule has 2 heteroatoms. The molecule has 0 bridgehead atoms. The lowest BCUT2D eigenvalue weighted by Crippen LogP contribution is -2.40. The van der Waals surface area contributed by atoms with Crippen LogP contribution in [0.5, 0.6) is 0 Å². The average Bonchev–Trinajstić information content (AvgIpc) is 1.83. The van der Waals surface area contributed by atoms with Crippen molar-refractivity contribution < 1.29 is 5.73 Å². The van der Waals surface area contributed by atoms with Crippen molar-refractivity contribution in [2.24, 2.45) is 0 Å². The summed E-state index contributed by atoms with van der Waals surface area (Å²) < 4.78 is 0. The van der Waals surface area contributed by atoms with Gasteiger partial charge in [0, 0.05) is 6.54 Å². The Labute approximate surface area is 50.3 Å². The second kappa shape index (κ2) is 4.40. The number of quaternary nitrogens is 1. The Balaban J connectivity index is 3.52. The SMILES string of the molecule is C=CN(C=C[NH3+])CC. The zero-order valence-corrected chi connectivity index (χ0v) is 5.30. The summed E-state index contributed by atoms with van der Waals surface area (Å²) in [6.07, 6.45) is 5.39. The minimum atomic E-state index is 0.954. The zero-order valence-electron chi connectivity index (χ0n) is 5.30. The Kier molecular flexibility index (Phi) is 3.98. The van der Waals surface area contributed by atoms with Gasteiger partial charge in [-0.1, -0.05) is 6.58 Å². The van der Waals surface area contributed by atoms with Gasteiger partial charge in [-0.2, -0.15) is 0 Å². The third-order valence-electron chi connectivity index (χ3n) is 0.897. The molecule has 0 heterocycles. The first-order valence-electron chi connectivity index (χ1n) is 2.69. The van der Waals surface area contributed by atoms with Gasteiger partial charge in [0.05, 0.1) is 6.20 Å². The Bertz CT molecular complexity index is 86.5. The first-order valence-corrected chi connectivity index (χ1v) is 2.69. The van der Waals surface area contributed by atoms with E-state index in [-0.39, 0.29) is 0 Å². The van der Waals surface area contributed by atoms with Gasteiger partial charge >= 0.3 is 0 Å². The number of rotatable bonds is 3. The van der Waals surface area contributed by atoms with Crippen LogP contribution in [0.4, 0.5) is 0 Å². The van der Waals surface area contributed by atoms with Crippen LogP contribution >= 0.6 is 0 Å². The van der Waals surface area contributed by atoms with Crippen LogP contribution in [-0.4, -0.2) is 11.4 Å². The van der Waals surface area contributed by atoms with E-state index in [9.17, 15) is 0 Å². The van der Waals surface area contributed by atoms with Gasteiger partial charge in [0.15, 0.2) is 0 Å². The topological polar surface area (TPSA) is 30.9 Å². The van der Waals surface area contributed by atoms with Crippen molar-refractivity contribution >= 4 is 0 Å². The maximum atomic E-state index is 3.60. The Hall–Kier alpha value is -0.760. The molecule has 2 nitrogen and oxygen atoms in total. The van der Waals surface area contributed by atoms with E-state index >= 15 is 0 Å². The molecule has 46 valence electrons. The molecule has 0 atom stereocenters. The molecule has 0 unspecified atom stereocenters. The minimum Gasteiger partial charge on any atom is -0.350 e. The molecule has 0 aliphatic carbocycles. The van der Waals surface area contributed by atoms with Gasteiger partial charge in [-0.05, 0) is 13.1 Å². The summed E-state index contributed by atoms with van der Waals surface area (Å²) in [4.78, 5) is 1.95. The Morgan fingerprint density at radius 2 is 2.38 bits per heavy atom. The average molecular weight is 113 g/mol. The summed E-state index contributed by atoms with van der Waals surface area (Å²) in [6, 6.07) is 0. The van der Waals surface area contributed by atoms with E-state index in [1.54, 1.807) is 12.4 Å². The van der Waals surface area contributed by atoms with E-state index < -0.39 is 0 Å². The van der Waals surface area contributed by atoms with E-state index in [2.05, 4.69) is 19.2 Å². The van der Waals surface area contributed by atoms with Crippen LogP contribution in [-0.2, 0) is 0 Å². The molecule has 3 N–H and O–H groups in total. The van der Waals surface area contributed by atoms with Crippen LogP contribution in [0, 0.1) is 0 Å². The fourth-order valence-electron chi connectivity index (χ4n) is 0.431. The van der Waals surface area contributed by atoms with Crippen molar-refractivity contribution in [1.29, 1.82) is 0 Å². The summed E-state index contributed by atoms with van der Waals surface area (Å²) in [6.45, 7) is 6.61. The first-order chi connectivity index (χ1) is 3.85. The lowest BCUT2D eigenvalue weighted by atomic mass is 10.6. The molecule has 8 heavy (non-hydrogen) atoms. The van der Waals surface area contributed by atoms with Gasteiger partial charge in [0.1, 0.15) is 6.20 Å². The zero-order chi connectivity index (χ0) is 6.41. The van der Waals surface area contributed by atoms with Crippen molar-refractivity contribution in [2.45, 2.75) is 6.92 Å². The van der Waals surface area contributed by atoms with Gasteiger partial charge in [-0.15, -0.1) is 0 Å². The lowest BCUT2D eigenvalue weighted by Gasteiger charge is -2.07. The van der Waals surface area contributed by atoms with Crippen LogP contribution in [0.3, 0.4) is 0 Å². The normalized spacial score (nSPS) is 9.75. The van der Waals surface area contributed by atoms with E-state index in [4.69, 9.17) is 0 Å². The predicted molar refractivity (Wildman–Crippen MR) is 34.6 cm³/mol. The molecule has 0 radical (unpaired) electrons. The van der Waals surface area contributed by atoms with Crippen molar-refractivity contribution in [3.05, 3.63) is 25.2 Å². The molecule has 0 saturated heterocycles. The maximum absolute atomic E-state index is 3.60. The van der Waals surface area contributed by atoms with E-state index in [1.165, 1.54) is 0 Å². The highest BCUT2D eigenvalue weighted by Gasteiger charge is 1.82. The molecular formula is C6H13N2+. The largest absolute Gasteiger partial charge is 0.350 e. The van der Waals surface area contributed by atoms with Crippen LogP contribution in [0.25, 0.3) is 0 Å². The third kappa shape index (κ3) is 2.42. The fraction of sp³-hybridized carbons (Fsp3) is 0.333. The Morgan fingerprint density at radius 1 is 1.75 bits per heavy atom. The quantitative estimate of drug-likeness (QED) is 0.555. The molecule has 0 saturated carbocycles. The van der Waals surface area contributed by atoms with Gasteiger partial charge in [0.2, 0.25) is 0 Å². The van der Waals surface area contributed by atoms with E-state index in [0.29, 0.717) is 0 Å². The Morgan fingerprint density at radius 3 is 2.50 bits per heavy atom. The molecule has 0 aromatic rings. The highest BCUT2D eigenvalue weighted by molar-refractivity contribution is 4.80. The van der Waals surface area contributed by atoms with E-state index in [0.717, 1.165) is 6.54 Å². The molecule has 0 aliphatic heterocycles. The summed E-state index contributed by atoms with van der Waals surface area (Å²) in [5.74, 6) is 0. The van der Waals surface area contributed by atoms with Crippen LogP contribution < -0.4 is 5.73 Å². The monoisotopic (exact) mass is 113 g/mol. The summed E-state index contributed by atoms with van der Waals surface area (Å²) in [5.41, 5.74) is 3.55. The van der Waals surface area contributed by atoms with Crippen molar-refractivity contribution in [2.75, 3.05) is 6.54 Å². The van der Waals surface area contributed by atoms with Gasteiger partial charge < -0.3 is 10.6 Å². The fourth-order valence-corrected chi connectivity index (χ4v) is 0.431. The molecule has 0 rings (SSSR count). The molecule has 0 amide bonds. The van der Waals surface area contributed by atoms with Crippen LogP contribution in [0.15, 0.2) is 25.2 Å². The number of nitrogens with zero attached hydrogens (tertiary/aromatic N) is 1. The molecule has 0 aromatic carbocycles. The first kappa shape index (κ1) is 7.24. The molecule has 0 spiro atoms. The van der Waals surface area contributed by atoms with Gasteiger partial charge in [-0.3, -0.25) is 0 Å². The molecular weight excluding hydrogens is 100 g/mol. The van der Waals surface area contributed by atoms with Crippen LogP contribution in [0.2, 0.25) is 0 Å². The lowest BCUT2D eigenvalue weighted by molar-refractivity contribution is -0.276. The number of hydrogen-bond acceptors (Lipinski definition) is 1. The second-order valence-corrected chi connectivity index (χ2v) is 1.40. The maximum Gasteiger partial charge on any atom is 0.107 e. The molecule has 0 fully saturated rings.